The number of benzene rings is 2. The maximum absolute atomic E-state index is 3.54. The summed E-state index contributed by atoms with van der Waals surface area (Å²) in [5, 5.41) is 3.54. The van der Waals surface area contributed by atoms with Gasteiger partial charge in [0.2, 0.25) is 0 Å². The minimum absolute atomic E-state index is 1.05. The van der Waals surface area contributed by atoms with Gasteiger partial charge in [-0.15, -0.1) is 0 Å². The summed E-state index contributed by atoms with van der Waals surface area (Å²) in [6.45, 7) is 1.05. The van der Waals surface area contributed by atoms with Crippen LogP contribution in [0.3, 0.4) is 0 Å². The van der Waals surface area contributed by atoms with Crippen molar-refractivity contribution in [2.75, 3.05) is 11.9 Å². The van der Waals surface area contributed by atoms with E-state index >= 15 is 0 Å². The molecule has 1 aliphatic rings. The van der Waals surface area contributed by atoms with E-state index in [1.54, 1.807) is 11.1 Å². The lowest BCUT2D eigenvalue weighted by Crippen LogP contribution is -2.03. The van der Waals surface area contributed by atoms with Gasteiger partial charge in [0, 0.05) is 12.2 Å². The lowest BCUT2D eigenvalue weighted by atomic mass is 10.1. The highest BCUT2D eigenvalue weighted by atomic mass is 14.9. The van der Waals surface area contributed by atoms with E-state index in [-0.39, 0.29) is 0 Å². The molecule has 0 spiro atoms. The van der Waals surface area contributed by atoms with Crippen molar-refractivity contribution in [1.82, 2.24) is 0 Å². The van der Waals surface area contributed by atoms with Crippen molar-refractivity contribution in [1.29, 1.82) is 0 Å². The molecule has 0 atom stereocenters. The second-order valence-electron chi connectivity index (χ2n) is 5.35. The highest BCUT2D eigenvalue weighted by Gasteiger charge is 2.10. The summed E-state index contributed by atoms with van der Waals surface area (Å²) in [5.74, 6) is 0. The largest absolute Gasteiger partial charge is 0.385 e. The maximum Gasteiger partial charge on any atom is 0.0343 e. The maximum atomic E-state index is 3.54. The van der Waals surface area contributed by atoms with Gasteiger partial charge in [0.05, 0.1) is 0 Å². The van der Waals surface area contributed by atoms with Crippen LogP contribution in [0.1, 0.15) is 29.5 Å². The summed E-state index contributed by atoms with van der Waals surface area (Å²) in [6.07, 6.45) is 6.19. The second kappa shape index (κ2) is 5.92. The van der Waals surface area contributed by atoms with E-state index in [1.807, 2.05) is 0 Å². The smallest absolute Gasteiger partial charge is 0.0343 e. The normalized spacial score (nSPS) is 13.3. The topological polar surface area (TPSA) is 12.0 Å². The average Bonchev–Trinajstić information content (AvgIpc) is 2.92. The molecular formula is C18H21N. The molecule has 98 valence electrons. The quantitative estimate of drug-likeness (QED) is 0.785. The number of hydrogen-bond acceptors (Lipinski definition) is 1. The Morgan fingerprint density at radius 2 is 1.74 bits per heavy atom. The zero-order valence-corrected chi connectivity index (χ0v) is 11.4. The molecule has 0 fully saturated rings. The van der Waals surface area contributed by atoms with Gasteiger partial charge in [0.1, 0.15) is 0 Å². The molecule has 1 aliphatic carbocycles. The molecule has 0 bridgehead atoms. The molecule has 1 N–H and O–H groups in total. The minimum atomic E-state index is 1.05. The Morgan fingerprint density at radius 1 is 0.895 bits per heavy atom. The predicted octanol–water partition coefficient (Wildman–Crippen LogP) is 4.22. The zero-order valence-electron chi connectivity index (χ0n) is 11.4. The minimum Gasteiger partial charge on any atom is -0.385 e. The van der Waals surface area contributed by atoms with Crippen molar-refractivity contribution in [3.63, 3.8) is 0 Å². The molecule has 0 aliphatic heterocycles. The molecule has 1 nitrogen and oxygen atoms in total. The van der Waals surface area contributed by atoms with E-state index in [9.17, 15) is 0 Å². The highest BCUT2D eigenvalue weighted by molar-refractivity contribution is 5.50. The van der Waals surface area contributed by atoms with Crippen molar-refractivity contribution in [3.8, 4) is 0 Å². The van der Waals surface area contributed by atoms with Crippen LogP contribution < -0.4 is 5.32 Å². The van der Waals surface area contributed by atoms with Gasteiger partial charge in [-0.2, -0.15) is 0 Å². The van der Waals surface area contributed by atoms with Gasteiger partial charge in [0.15, 0.2) is 0 Å². The molecule has 1 heteroatoms. The fraction of sp³-hybridized carbons (Fsp3) is 0.333. The van der Waals surface area contributed by atoms with Crippen LogP contribution >= 0.6 is 0 Å². The van der Waals surface area contributed by atoms with Gasteiger partial charge in [0.25, 0.3) is 0 Å². The van der Waals surface area contributed by atoms with Crippen LogP contribution in [0.4, 0.5) is 5.69 Å². The fourth-order valence-electron chi connectivity index (χ4n) is 2.85. The van der Waals surface area contributed by atoms with Crippen LogP contribution in [-0.4, -0.2) is 6.54 Å². The average molecular weight is 251 g/mol. The molecule has 0 heterocycles. The molecule has 2 aromatic rings. The van der Waals surface area contributed by atoms with Crippen molar-refractivity contribution in [3.05, 3.63) is 65.2 Å². The molecule has 0 saturated carbocycles. The summed E-state index contributed by atoms with van der Waals surface area (Å²) in [6, 6.07) is 17.6. The Balaban J connectivity index is 1.48. The third-order valence-corrected chi connectivity index (χ3v) is 3.91. The molecule has 0 amide bonds. The van der Waals surface area contributed by atoms with E-state index in [1.165, 1.54) is 36.9 Å². The molecular weight excluding hydrogens is 230 g/mol. The monoisotopic (exact) mass is 251 g/mol. The second-order valence-corrected chi connectivity index (χ2v) is 5.35. The van der Waals surface area contributed by atoms with Crippen LogP contribution in [0, 0.1) is 0 Å². The lowest BCUT2D eigenvalue weighted by Gasteiger charge is -2.08. The Bertz CT molecular complexity index is 531. The third kappa shape index (κ3) is 3.17. The molecule has 19 heavy (non-hydrogen) atoms. The van der Waals surface area contributed by atoms with Crippen LogP contribution in [-0.2, 0) is 19.3 Å². The number of aryl methyl sites for hydroxylation is 3. The molecule has 0 radical (unpaired) electrons. The van der Waals surface area contributed by atoms with Crippen molar-refractivity contribution in [2.45, 2.75) is 32.1 Å². The van der Waals surface area contributed by atoms with Crippen LogP contribution in [0.25, 0.3) is 0 Å². The van der Waals surface area contributed by atoms with Gasteiger partial charge in [-0.3, -0.25) is 0 Å². The van der Waals surface area contributed by atoms with E-state index < -0.39 is 0 Å². The number of nitrogens with one attached hydrogen (secondary N) is 1. The number of anilines is 1. The van der Waals surface area contributed by atoms with E-state index in [0.717, 1.165) is 13.0 Å². The Morgan fingerprint density at radius 3 is 2.63 bits per heavy atom. The SMILES string of the molecule is c1ccc(CCCNc2ccc3c(c2)CCC3)cc1. The van der Waals surface area contributed by atoms with Crippen LogP contribution in [0.15, 0.2) is 48.5 Å². The highest BCUT2D eigenvalue weighted by Crippen LogP contribution is 2.24. The van der Waals surface area contributed by atoms with Gasteiger partial charge in [-0.1, -0.05) is 36.4 Å². The standard InChI is InChI=1S/C18H21N/c1-2-6-15(7-3-1)8-5-13-19-18-12-11-16-9-4-10-17(16)14-18/h1-3,6-7,11-12,14,19H,4-5,8-10,13H2. The van der Waals surface area contributed by atoms with Crippen molar-refractivity contribution < 1.29 is 0 Å². The van der Waals surface area contributed by atoms with Crippen LogP contribution in [0.5, 0.6) is 0 Å². The van der Waals surface area contributed by atoms with E-state index in [4.69, 9.17) is 0 Å². The molecule has 0 unspecified atom stereocenters. The summed E-state index contributed by atoms with van der Waals surface area (Å²) in [7, 11) is 0. The first kappa shape index (κ1) is 12.3. The first-order chi connectivity index (χ1) is 9.42. The summed E-state index contributed by atoms with van der Waals surface area (Å²) >= 11 is 0. The summed E-state index contributed by atoms with van der Waals surface area (Å²) in [4.78, 5) is 0. The first-order valence-electron chi connectivity index (χ1n) is 7.31. The summed E-state index contributed by atoms with van der Waals surface area (Å²) < 4.78 is 0. The van der Waals surface area contributed by atoms with Crippen LogP contribution in [0.2, 0.25) is 0 Å². The van der Waals surface area contributed by atoms with Gasteiger partial charge >= 0.3 is 0 Å². The Hall–Kier alpha value is -1.76. The van der Waals surface area contributed by atoms with Gasteiger partial charge in [-0.25, -0.2) is 0 Å². The van der Waals surface area contributed by atoms with Crippen molar-refractivity contribution in [2.24, 2.45) is 0 Å². The number of fused-ring (bicyclic) bond motifs is 1. The molecule has 2 aromatic carbocycles. The Labute approximate surface area is 115 Å². The zero-order chi connectivity index (χ0) is 12.9. The van der Waals surface area contributed by atoms with Crippen molar-refractivity contribution >= 4 is 5.69 Å². The van der Waals surface area contributed by atoms with E-state index in [2.05, 4.69) is 53.8 Å². The molecule has 0 saturated heterocycles. The Kier molecular flexibility index (Phi) is 3.83. The predicted molar refractivity (Wildman–Crippen MR) is 81.7 cm³/mol. The van der Waals surface area contributed by atoms with Gasteiger partial charge < -0.3 is 5.32 Å². The third-order valence-electron chi connectivity index (χ3n) is 3.91. The fourth-order valence-corrected chi connectivity index (χ4v) is 2.85. The molecule has 3 rings (SSSR count). The number of rotatable bonds is 5. The molecule has 0 aromatic heterocycles. The van der Waals surface area contributed by atoms with E-state index in [0.29, 0.717) is 0 Å². The summed E-state index contributed by atoms with van der Waals surface area (Å²) in [5.41, 5.74) is 5.81. The first-order valence-corrected chi connectivity index (χ1v) is 7.31. The number of hydrogen-bond donors (Lipinski definition) is 1. The van der Waals surface area contributed by atoms with Gasteiger partial charge in [-0.05, 0) is 60.9 Å². The lowest BCUT2D eigenvalue weighted by molar-refractivity contribution is 0.863.